The molecule has 0 atom stereocenters. The van der Waals surface area contributed by atoms with Crippen molar-refractivity contribution in [3.05, 3.63) is 40.4 Å². The van der Waals surface area contributed by atoms with Crippen LogP contribution >= 0.6 is 11.6 Å². The van der Waals surface area contributed by atoms with Gasteiger partial charge in [-0.15, -0.1) is 0 Å². The van der Waals surface area contributed by atoms with Crippen molar-refractivity contribution in [1.29, 1.82) is 0 Å². The van der Waals surface area contributed by atoms with E-state index in [1.807, 2.05) is 18.2 Å². The van der Waals surface area contributed by atoms with Gasteiger partial charge in [-0.2, -0.15) is 0 Å². The van der Waals surface area contributed by atoms with Gasteiger partial charge >= 0.3 is 0 Å². The summed E-state index contributed by atoms with van der Waals surface area (Å²) >= 11 is 5.86. The summed E-state index contributed by atoms with van der Waals surface area (Å²) in [5.74, 6) is 0. The molecule has 0 saturated heterocycles. The molecule has 0 bridgehead atoms. The summed E-state index contributed by atoms with van der Waals surface area (Å²) < 4.78 is 0. The van der Waals surface area contributed by atoms with Gasteiger partial charge in [-0.25, -0.2) is 0 Å². The number of rotatable bonds is 2. The Hall–Kier alpha value is -0.750. The van der Waals surface area contributed by atoms with Crippen molar-refractivity contribution in [1.82, 2.24) is 0 Å². The van der Waals surface area contributed by atoms with Crippen LogP contribution in [0.25, 0.3) is 6.08 Å². The smallest absolute Gasteiger partial charge is 0.0412 e. The Morgan fingerprint density at radius 2 is 2.17 bits per heavy atom. The lowest BCUT2D eigenvalue weighted by molar-refractivity contribution is 1.23. The van der Waals surface area contributed by atoms with E-state index < -0.39 is 0 Å². The molecule has 0 aliphatic rings. The second-order valence-electron chi connectivity index (χ2n) is 2.81. The monoisotopic (exact) mass is 180 g/mol. The fourth-order valence-electron chi connectivity index (χ4n) is 1.04. The van der Waals surface area contributed by atoms with Gasteiger partial charge in [0, 0.05) is 5.02 Å². The Morgan fingerprint density at radius 1 is 1.42 bits per heavy atom. The van der Waals surface area contributed by atoms with Gasteiger partial charge in [0.15, 0.2) is 0 Å². The second-order valence-corrected chi connectivity index (χ2v) is 3.25. The maximum atomic E-state index is 5.86. The molecule has 1 aromatic rings. The molecule has 0 unspecified atom stereocenters. The van der Waals surface area contributed by atoms with Crippen LogP contribution in [0.3, 0.4) is 0 Å². The Kier molecular flexibility index (Phi) is 3.36. The van der Waals surface area contributed by atoms with Gasteiger partial charge in [-0.05, 0) is 36.6 Å². The molecule has 12 heavy (non-hydrogen) atoms. The Morgan fingerprint density at radius 3 is 2.83 bits per heavy atom. The molecule has 0 radical (unpaired) electrons. The van der Waals surface area contributed by atoms with Crippen LogP contribution in [0.2, 0.25) is 5.02 Å². The molecule has 1 heteroatoms. The quantitative estimate of drug-likeness (QED) is 0.644. The molecule has 0 nitrogen and oxygen atoms in total. The third-order valence-corrected chi connectivity index (χ3v) is 2.01. The number of hydrogen-bond donors (Lipinski definition) is 0. The minimum absolute atomic E-state index is 0.802. The van der Waals surface area contributed by atoms with E-state index in [1.54, 1.807) is 0 Å². The topological polar surface area (TPSA) is 0 Å². The normalized spacial score (nSPS) is 10.9. The highest BCUT2D eigenvalue weighted by Crippen LogP contribution is 2.16. The predicted octanol–water partition coefficient (Wildman–Crippen LogP) is 4.07. The molecule has 0 saturated carbocycles. The van der Waals surface area contributed by atoms with E-state index in [0.29, 0.717) is 0 Å². The summed E-state index contributed by atoms with van der Waals surface area (Å²) in [4.78, 5) is 0. The first-order valence-corrected chi connectivity index (χ1v) is 4.54. The molecule has 0 aliphatic heterocycles. The Labute approximate surface area is 78.9 Å². The molecule has 0 aliphatic carbocycles. The van der Waals surface area contributed by atoms with E-state index in [2.05, 4.69) is 26.0 Å². The fraction of sp³-hybridized carbons (Fsp3) is 0.273. The summed E-state index contributed by atoms with van der Waals surface area (Å²) in [6.45, 7) is 4.21. The van der Waals surface area contributed by atoms with Gasteiger partial charge in [-0.1, -0.05) is 36.7 Å². The zero-order valence-corrected chi connectivity index (χ0v) is 8.23. The third kappa shape index (κ3) is 2.38. The fourth-order valence-corrected chi connectivity index (χ4v) is 1.22. The lowest BCUT2D eigenvalue weighted by atomic mass is 10.1. The highest BCUT2D eigenvalue weighted by Gasteiger charge is 1.93. The SMILES string of the molecule is CCC=Cc1cc(Cl)ccc1C. The molecule has 0 spiro atoms. The van der Waals surface area contributed by atoms with Gasteiger partial charge in [-0.3, -0.25) is 0 Å². The van der Waals surface area contributed by atoms with Gasteiger partial charge in [0.1, 0.15) is 0 Å². The standard InChI is InChI=1S/C11H13Cl/c1-3-4-5-10-8-11(12)7-6-9(10)2/h4-8H,3H2,1-2H3. The van der Waals surface area contributed by atoms with Gasteiger partial charge in [0.2, 0.25) is 0 Å². The van der Waals surface area contributed by atoms with Crippen molar-refractivity contribution in [2.45, 2.75) is 20.3 Å². The molecule has 0 N–H and O–H groups in total. The summed E-state index contributed by atoms with van der Waals surface area (Å²) in [5, 5.41) is 0.802. The molecule has 64 valence electrons. The molecule has 0 heterocycles. The molecule has 0 fully saturated rings. The number of halogens is 1. The first-order valence-electron chi connectivity index (χ1n) is 4.16. The van der Waals surface area contributed by atoms with Crippen molar-refractivity contribution >= 4 is 17.7 Å². The van der Waals surface area contributed by atoms with E-state index in [4.69, 9.17) is 11.6 Å². The molecular weight excluding hydrogens is 168 g/mol. The van der Waals surface area contributed by atoms with Crippen LogP contribution in [0.4, 0.5) is 0 Å². The third-order valence-electron chi connectivity index (χ3n) is 1.77. The lowest BCUT2D eigenvalue weighted by Crippen LogP contribution is -1.79. The number of hydrogen-bond acceptors (Lipinski definition) is 0. The van der Waals surface area contributed by atoms with E-state index in [9.17, 15) is 0 Å². The van der Waals surface area contributed by atoms with Gasteiger partial charge < -0.3 is 0 Å². The van der Waals surface area contributed by atoms with Crippen molar-refractivity contribution in [2.75, 3.05) is 0 Å². The Balaban J connectivity index is 2.97. The number of allylic oxidation sites excluding steroid dienone is 1. The van der Waals surface area contributed by atoms with Crippen LogP contribution in [0, 0.1) is 6.92 Å². The van der Waals surface area contributed by atoms with E-state index in [0.717, 1.165) is 11.4 Å². The van der Waals surface area contributed by atoms with Gasteiger partial charge in [0.25, 0.3) is 0 Å². The van der Waals surface area contributed by atoms with E-state index in [1.165, 1.54) is 11.1 Å². The summed E-state index contributed by atoms with van der Waals surface area (Å²) in [6.07, 6.45) is 5.31. The largest absolute Gasteiger partial charge is 0.0843 e. The summed E-state index contributed by atoms with van der Waals surface area (Å²) in [6, 6.07) is 5.95. The lowest BCUT2D eigenvalue weighted by Gasteiger charge is -1.99. The average molecular weight is 181 g/mol. The first-order chi connectivity index (χ1) is 5.74. The summed E-state index contributed by atoms with van der Waals surface area (Å²) in [7, 11) is 0. The van der Waals surface area contributed by atoms with Gasteiger partial charge in [0.05, 0.1) is 0 Å². The predicted molar refractivity (Wildman–Crippen MR) is 55.5 cm³/mol. The number of aryl methyl sites for hydroxylation is 1. The van der Waals surface area contributed by atoms with Crippen molar-refractivity contribution < 1.29 is 0 Å². The summed E-state index contributed by atoms with van der Waals surface area (Å²) in [5.41, 5.74) is 2.48. The number of benzene rings is 1. The maximum Gasteiger partial charge on any atom is 0.0412 e. The van der Waals surface area contributed by atoms with Crippen molar-refractivity contribution in [2.24, 2.45) is 0 Å². The first kappa shape index (κ1) is 9.34. The Bertz CT molecular complexity index is 287. The zero-order chi connectivity index (χ0) is 8.97. The van der Waals surface area contributed by atoms with Crippen molar-refractivity contribution in [3.8, 4) is 0 Å². The van der Waals surface area contributed by atoms with Crippen LogP contribution in [-0.2, 0) is 0 Å². The zero-order valence-electron chi connectivity index (χ0n) is 7.47. The van der Waals surface area contributed by atoms with E-state index in [-0.39, 0.29) is 0 Å². The van der Waals surface area contributed by atoms with E-state index >= 15 is 0 Å². The molecule has 1 rings (SSSR count). The second kappa shape index (κ2) is 4.32. The molecule has 0 aromatic heterocycles. The minimum Gasteiger partial charge on any atom is -0.0843 e. The van der Waals surface area contributed by atoms with Crippen LogP contribution in [0.1, 0.15) is 24.5 Å². The van der Waals surface area contributed by atoms with Crippen LogP contribution in [0.5, 0.6) is 0 Å². The molecule has 0 amide bonds. The van der Waals surface area contributed by atoms with Crippen LogP contribution in [0.15, 0.2) is 24.3 Å². The molecular formula is C11H13Cl. The van der Waals surface area contributed by atoms with Crippen LogP contribution in [-0.4, -0.2) is 0 Å². The van der Waals surface area contributed by atoms with Crippen molar-refractivity contribution in [3.63, 3.8) is 0 Å². The minimum atomic E-state index is 0.802. The van der Waals surface area contributed by atoms with Crippen LogP contribution < -0.4 is 0 Å². The highest BCUT2D eigenvalue weighted by atomic mass is 35.5. The highest BCUT2D eigenvalue weighted by molar-refractivity contribution is 6.30. The maximum absolute atomic E-state index is 5.86. The average Bonchev–Trinajstić information content (AvgIpc) is 2.07. The molecule has 1 aromatic carbocycles.